The minimum Gasteiger partial charge on any atom is -0.393 e. The first kappa shape index (κ1) is 28.3. The van der Waals surface area contributed by atoms with E-state index in [1.54, 1.807) is 0 Å². The molecule has 2 bridgehead atoms. The van der Waals surface area contributed by atoms with Gasteiger partial charge in [-0.2, -0.15) is 18.3 Å². The Bertz CT molecular complexity index is 1490. The summed E-state index contributed by atoms with van der Waals surface area (Å²) in [7, 11) is 0. The Kier molecular flexibility index (Phi) is 6.11. The number of nitrogens with one attached hydrogen (secondary N) is 1. The average Bonchev–Trinajstić information content (AvgIpc) is 3.57. The maximum Gasteiger partial charge on any atom is 0.416 e. The van der Waals surface area contributed by atoms with Gasteiger partial charge in [-0.1, -0.05) is 56.0 Å². The molecule has 0 radical (unpaired) electrons. The Balaban J connectivity index is 1.36. The predicted molar refractivity (Wildman–Crippen MR) is 151 cm³/mol. The summed E-state index contributed by atoms with van der Waals surface area (Å²) in [6.45, 7) is 4.42. The van der Waals surface area contributed by atoms with Gasteiger partial charge in [-0.05, 0) is 74.3 Å². The van der Waals surface area contributed by atoms with E-state index in [9.17, 15) is 28.2 Å². The molecule has 224 valence electrons. The molecule has 3 fully saturated rings. The summed E-state index contributed by atoms with van der Waals surface area (Å²) < 4.78 is 41.1. The Labute approximate surface area is 247 Å². The van der Waals surface area contributed by atoms with Crippen LogP contribution in [0.3, 0.4) is 0 Å². The molecule has 42 heavy (non-hydrogen) atoms. The molecule has 8 atom stereocenters. The number of halogens is 3. The van der Waals surface area contributed by atoms with Gasteiger partial charge in [0, 0.05) is 33.1 Å². The maximum absolute atomic E-state index is 14.5. The number of thioether (sulfide) groups is 1. The van der Waals surface area contributed by atoms with Crippen molar-refractivity contribution >= 4 is 17.5 Å². The van der Waals surface area contributed by atoms with Crippen LogP contribution in [0, 0.1) is 33.5 Å². The van der Waals surface area contributed by atoms with Crippen LogP contribution < -0.4 is 0 Å². The van der Waals surface area contributed by atoms with Crippen LogP contribution in [-0.2, 0) is 6.18 Å². The van der Waals surface area contributed by atoms with Gasteiger partial charge in [-0.15, -0.1) is 0 Å². The van der Waals surface area contributed by atoms with Gasteiger partial charge in [0.05, 0.1) is 17.3 Å². The Morgan fingerprint density at radius 2 is 1.83 bits per heavy atom. The Hall–Kier alpha value is -2.43. The lowest BCUT2D eigenvalue weighted by molar-refractivity contribution is -0.166. The van der Waals surface area contributed by atoms with Crippen molar-refractivity contribution in [2.45, 2.75) is 81.8 Å². The second-order valence-corrected chi connectivity index (χ2v) is 14.8. The van der Waals surface area contributed by atoms with Crippen LogP contribution >= 0.6 is 11.8 Å². The molecule has 0 saturated heterocycles. The van der Waals surface area contributed by atoms with Gasteiger partial charge < -0.3 is 10.2 Å². The first-order valence-electron chi connectivity index (χ1n) is 14.8. The molecule has 6 nitrogen and oxygen atoms in total. The topological polar surface area (TPSA) is 99.1 Å². The molecule has 0 aliphatic heterocycles. The van der Waals surface area contributed by atoms with Crippen LogP contribution in [0.4, 0.5) is 13.2 Å². The molecule has 3 N–H and O–H groups in total. The first-order chi connectivity index (χ1) is 19.8. The predicted octanol–water partition coefficient (Wildman–Crippen LogP) is 6.39. The van der Waals surface area contributed by atoms with Crippen LogP contribution in [-0.4, -0.2) is 48.6 Å². The number of H-pyrrole nitrogens is 1. The number of aromatic nitrogens is 3. The Morgan fingerprint density at radius 3 is 2.57 bits per heavy atom. The number of allylic oxidation sites excluding steroid dienone is 4. The first-order valence-corrected chi connectivity index (χ1v) is 15.8. The fourth-order valence-electron chi connectivity index (χ4n) is 10.0. The number of rotatable bonds is 5. The number of aliphatic hydroxyl groups excluding tert-OH is 1. The molecule has 3 saturated carbocycles. The summed E-state index contributed by atoms with van der Waals surface area (Å²) in [4.78, 5) is 18.7. The number of benzene rings is 1. The van der Waals surface area contributed by atoms with Crippen molar-refractivity contribution in [2.75, 3.05) is 5.75 Å². The van der Waals surface area contributed by atoms with E-state index >= 15 is 0 Å². The molecule has 2 aromatic rings. The summed E-state index contributed by atoms with van der Waals surface area (Å²) in [6.07, 6.45) is 7.58. The number of alkyl halides is 3. The molecule has 6 aliphatic rings. The molecule has 6 aliphatic carbocycles. The third-order valence-electron chi connectivity index (χ3n) is 12.2. The highest BCUT2D eigenvalue weighted by Crippen LogP contribution is 2.78. The van der Waals surface area contributed by atoms with Gasteiger partial charge in [-0.25, -0.2) is 4.98 Å². The number of carbonyl (C=O) groups excluding carboxylic acids is 1. The van der Waals surface area contributed by atoms with Gasteiger partial charge in [0.25, 0.3) is 0 Å². The molecule has 8 rings (SSSR count). The third-order valence-corrected chi connectivity index (χ3v) is 13.3. The largest absolute Gasteiger partial charge is 0.416 e. The number of hydrogen-bond acceptors (Lipinski definition) is 6. The molecular weight excluding hydrogens is 563 g/mol. The molecular formula is C32H36F3N3O3S. The molecule has 1 unspecified atom stereocenters. The fraction of sp³-hybridized carbons (Fsp3) is 0.594. The number of ketones is 1. The van der Waals surface area contributed by atoms with Crippen LogP contribution in [0.15, 0.2) is 59.6 Å². The number of carbonyl (C=O) groups is 1. The van der Waals surface area contributed by atoms with Crippen molar-refractivity contribution < 1.29 is 28.2 Å². The van der Waals surface area contributed by atoms with E-state index in [0.717, 1.165) is 31.4 Å². The smallest absolute Gasteiger partial charge is 0.393 e. The van der Waals surface area contributed by atoms with Crippen molar-refractivity contribution in [2.24, 2.45) is 33.5 Å². The maximum atomic E-state index is 14.5. The van der Waals surface area contributed by atoms with Crippen LogP contribution in [0.25, 0.3) is 0 Å². The quantitative estimate of drug-likeness (QED) is 0.209. The summed E-state index contributed by atoms with van der Waals surface area (Å²) >= 11 is 1.43. The lowest BCUT2D eigenvalue weighted by Gasteiger charge is -2.71. The van der Waals surface area contributed by atoms with E-state index in [1.165, 1.54) is 30.2 Å². The zero-order chi connectivity index (χ0) is 29.8. The SMILES string of the molecule is C[C@]12CC[C@H]3[C@]4(C=C[C@@]5(C=C4C(=O)c4cccc(C(F)(F)F)c4)CC(O)CC[C@]35C)[C@@H]1CC[C@@]2(O)CSc1ncn[nH]1. The summed E-state index contributed by atoms with van der Waals surface area (Å²) in [5.74, 6) is 0.0313. The van der Waals surface area contributed by atoms with Gasteiger partial charge in [0.2, 0.25) is 0 Å². The second-order valence-electron chi connectivity index (χ2n) is 13.8. The number of hydrogen-bond donors (Lipinski definition) is 3. The number of fused-ring (bicyclic) bond motifs is 1. The lowest BCUT2D eigenvalue weighted by Crippen LogP contribution is -2.67. The normalized spacial score (nSPS) is 42.1. The van der Waals surface area contributed by atoms with Crippen molar-refractivity contribution in [1.29, 1.82) is 0 Å². The van der Waals surface area contributed by atoms with E-state index in [-0.39, 0.29) is 28.6 Å². The van der Waals surface area contributed by atoms with E-state index in [2.05, 4.69) is 41.2 Å². The highest BCUT2D eigenvalue weighted by atomic mass is 32.2. The van der Waals surface area contributed by atoms with Crippen LogP contribution in [0.2, 0.25) is 0 Å². The number of aliphatic hydroxyl groups is 2. The number of aromatic amines is 1. The third kappa shape index (κ3) is 3.63. The molecule has 1 heterocycles. The van der Waals surface area contributed by atoms with E-state index < -0.39 is 39.7 Å². The lowest BCUT2D eigenvalue weighted by atomic mass is 9.32. The van der Waals surface area contributed by atoms with Gasteiger partial charge in [0.1, 0.15) is 6.33 Å². The highest BCUT2D eigenvalue weighted by molar-refractivity contribution is 7.99. The standard InChI is InChI=1S/C32H36F3N3O3S/c1-27-9-6-21(39)15-29(27)12-13-31(22(16-29)25(40)19-4-3-5-20(14-19)32(33,34)35)23(27)7-10-28(2)24(31)8-11-30(28,41)17-42-26-36-18-37-38-26/h3-5,12-14,16,18,21,23-24,39,41H,6-11,15,17H2,1-2H3,(H,36,37,38)/t21?,23-,24-,27-,28+,29+,30-,31-/m1/s1. The second kappa shape index (κ2) is 9.05. The molecule has 2 spiro atoms. The molecule has 1 aromatic heterocycles. The molecule has 0 amide bonds. The highest BCUT2D eigenvalue weighted by Gasteiger charge is 2.74. The van der Waals surface area contributed by atoms with Crippen LogP contribution in [0.1, 0.15) is 74.7 Å². The number of Topliss-reactive ketones (excluding diaryl/α,β-unsaturated/α-hetero) is 1. The monoisotopic (exact) mass is 599 g/mol. The zero-order valence-corrected chi connectivity index (χ0v) is 24.6. The van der Waals surface area contributed by atoms with Gasteiger partial charge in [0.15, 0.2) is 10.9 Å². The average molecular weight is 600 g/mol. The van der Waals surface area contributed by atoms with E-state index in [0.29, 0.717) is 42.2 Å². The number of nitrogens with zero attached hydrogens (tertiary/aromatic N) is 2. The summed E-state index contributed by atoms with van der Waals surface area (Å²) in [6, 6.07) is 4.74. The minimum atomic E-state index is -4.56. The molecule has 1 aromatic carbocycles. The van der Waals surface area contributed by atoms with Crippen molar-refractivity contribution in [3.63, 3.8) is 0 Å². The fourth-order valence-corrected chi connectivity index (χ4v) is 11.1. The van der Waals surface area contributed by atoms with Gasteiger partial charge in [-0.3, -0.25) is 9.89 Å². The van der Waals surface area contributed by atoms with Gasteiger partial charge >= 0.3 is 6.18 Å². The summed E-state index contributed by atoms with van der Waals surface area (Å²) in [5.41, 5.74) is -3.31. The van der Waals surface area contributed by atoms with Crippen molar-refractivity contribution in [3.05, 3.63) is 65.5 Å². The summed E-state index contributed by atoms with van der Waals surface area (Å²) in [5, 5.41) is 30.5. The van der Waals surface area contributed by atoms with Crippen LogP contribution in [0.5, 0.6) is 0 Å². The van der Waals surface area contributed by atoms with Crippen molar-refractivity contribution in [3.8, 4) is 0 Å². The minimum absolute atomic E-state index is 0.0287. The Morgan fingerprint density at radius 1 is 1.10 bits per heavy atom. The van der Waals surface area contributed by atoms with E-state index in [4.69, 9.17) is 0 Å². The molecule has 10 heteroatoms. The van der Waals surface area contributed by atoms with Crippen molar-refractivity contribution in [1.82, 2.24) is 15.2 Å². The van der Waals surface area contributed by atoms with E-state index in [1.807, 2.05) is 6.08 Å². The zero-order valence-electron chi connectivity index (χ0n) is 23.7.